The van der Waals surface area contributed by atoms with Gasteiger partial charge in [-0.15, -0.1) is 0 Å². The summed E-state index contributed by atoms with van der Waals surface area (Å²) >= 11 is 0. The molecule has 2 aliphatic carbocycles. The minimum Gasteiger partial charge on any atom is -0.490 e. The molecule has 0 unspecified atom stereocenters. The lowest BCUT2D eigenvalue weighted by Crippen LogP contribution is -2.22. The molecular weight excluding hydrogens is 685 g/mol. The van der Waals surface area contributed by atoms with Crippen LogP contribution in [0.25, 0.3) is 0 Å². The molecule has 0 heterocycles. The van der Waals surface area contributed by atoms with Gasteiger partial charge in [0.2, 0.25) is 0 Å². The van der Waals surface area contributed by atoms with E-state index in [4.69, 9.17) is 18.9 Å². The van der Waals surface area contributed by atoms with Crippen LogP contribution >= 0.6 is 0 Å². The normalized spacial score (nSPS) is 20.7. The maximum atomic E-state index is 12.7. The zero-order valence-electron chi connectivity index (χ0n) is 34.5. The van der Waals surface area contributed by atoms with Crippen molar-refractivity contribution in [3.05, 3.63) is 84.0 Å². The number of esters is 2. The van der Waals surface area contributed by atoms with Gasteiger partial charge >= 0.3 is 11.9 Å². The third-order valence-electron chi connectivity index (χ3n) is 11.7. The van der Waals surface area contributed by atoms with Gasteiger partial charge in [0.05, 0.1) is 11.1 Å². The molecule has 0 bridgehead atoms. The first kappa shape index (κ1) is 44.2. The lowest BCUT2D eigenvalue weighted by molar-refractivity contribution is 0.00447. The molecule has 2 aliphatic rings. The van der Waals surface area contributed by atoms with E-state index >= 15 is 0 Å². The zero-order valence-corrected chi connectivity index (χ0v) is 34.5. The lowest BCUT2D eigenvalue weighted by atomic mass is 9.79. The second kappa shape index (κ2) is 26.3. The molecule has 0 aromatic heterocycles. The van der Waals surface area contributed by atoms with Crippen LogP contribution in [-0.4, -0.2) is 37.9 Å². The van der Waals surface area contributed by atoms with Crippen LogP contribution < -0.4 is 9.47 Å². The second-order valence-corrected chi connectivity index (χ2v) is 16.3. The lowest BCUT2D eigenvalue weighted by Gasteiger charge is -2.26. The van der Waals surface area contributed by atoms with Crippen LogP contribution in [0.3, 0.4) is 0 Å². The summed E-state index contributed by atoms with van der Waals surface area (Å²) in [5.74, 6) is 3.63. The average molecular weight is 757 g/mol. The number of hydrogen-bond acceptors (Lipinski definition) is 6. The Bertz CT molecular complexity index is 1380. The van der Waals surface area contributed by atoms with Gasteiger partial charge in [0.15, 0.2) is 0 Å². The largest absolute Gasteiger partial charge is 0.490 e. The SMILES string of the molecule is CCCCCCCC1CCC(C=CCOc2ccc(C(=O)OC[C@@H](C)OC(=O)c3ccc(OCC=CC4CCC(CCCCCCC)CC4)cc3)cc2)CC1. The van der Waals surface area contributed by atoms with Crippen LogP contribution in [0.1, 0.15) is 170 Å². The molecule has 0 radical (unpaired) electrons. The van der Waals surface area contributed by atoms with Crippen LogP contribution in [0.4, 0.5) is 0 Å². The van der Waals surface area contributed by atoms with Gasteiger partial charge < -0.3 is 18.9 Å². The Labute approximate surface area is 333 Å². The molecule has 6 heteroatoms. The van der Waals surface area contributed by atoms with Crippen LogP contribution in [-0.2, 0) is 9.47 Å². The van der Waals surface area contributed by atoms with E-state index in [2.05, 4.69) is 38.2 Å². The highest BCUT2D eigenvalue weighted by Crippen LogP contribution is 2.34. The summed E-state index contributed by atoms with van der Waals surface area (Å²) in [6, 6.07) is 13.9. The first-order valence-electron chi connectivity index (χ1n) is 22.1. The fourth-order valence-corrected chi connectivity index (χ4v) is 8.13. The molecule has 2 aromatic carbocycles. The van der Waals surface area contributed by atoms with Gasteiger partial charge in [-0.2, -0.15) is 0 Å². The van der Waals surface area contributed by atoms with Crippen molar-refractivity contribution in [1.82, 2.24) is 0 Å². The summed E-state index contributed by atoms with van der Waals surface area (Å²) in [5.41, 5.74) is 0.842. The Hall–Kier alpha value is -3.54. The molecular formula is C49H72O6. The van der Waals surface area contributed by atoms with E-state index < -0.39 is 18.0 Å². The third kappa shape index (κ3) is 17.9. The van der Waals surface area contributed by atoms with Gasteiger partial charge in [0.1, 0.15) is 37.4 Å². The number of ether oxygens (including phenoxy) is 4. The van der Waals surface area contributed by atoms with Gasteiger partial charge in [-0.05, 0) is 130 Å². The van der Waals surface area contributed by atoms with Gasteiger partial charge in [-0.1, -0.05) is 115 Å². The summed E-state index contributed by atoms with van der Waals surface area (Å²) in [4.78, 5) is 25.4. The summed E-state index contributed by atoms with van der Waals surface area (Å²) < 4.78 is 22.7. The van der Waals surface area contributed by atoms with Gasteiger partial charge in [-0.3, -0.25) is 0 Å². The molecule has 0 N–H and O–H groups in total. The summed E-state index contributed by atoms with van der Waals surface area (Å²) in [5, 5.41) is 0. The smallest absolute Gasteiger partial charge is 0.338 e. The minimum absolute atomic E-state index is 0.0390. The number of carbonyl (C=O) groups is 2. The molecule has 304 valence electrons. The Kier molecular flexibility index (Phi) is 21.2. The van der Waals surface area contributed by atoms with Crippen LogP contribution in [0.5, 0.6) is 11.5 Å². The number of allylic oxidation sites excluding steroid dienone is 2. The summed E-state index contributed by atoms with van der Waals surface area (Å²) in [6.45, 7) is 7.24. The van der Waals surface area contributed by atoms with Crippen LogP contribution in [0.2, 0.25) is 0 Å². The van der Waals surface area contributed by atoms with Crippen molar-refractivity contribution in [1.29, 1.82) is 0 Å². The van der Waals surface area contributed by atoms with Crippen molar-refractivity contribution >= 4 is 11.9 Å². The predicted molar refractivity (Wildman–Crippen MR) is 225 cm³/mol. The fraction of sp³-hybridized carbons (Fsp3) is 0.633. The molecule has 6 nitrogen and oxygen atoms in total. The maximum Gasteiger partial charge on any atom is 0.338 e. The van der Waals surface area contributed by atoms with Crippen molar-refractivity contribution in [2.75, 3.05) is 19.8 Å². The molecule has 0 amide bonds. The first-order valence-corrected chi connectivity index (χ1v) is 22.1. The van der Waals surface area contributed by atoms with Crippen LogP contribution in [0.15, 0.2) is 72.8 Å². The summed E-state index contributed by atoms with van der Waals surface area (Å²) in [7, 11) is 0. The Morgan fingerprint density at radius 1 is 0.582 bits per heavy atom. The molecule has 0 saturated heterocycles. The first-order chi connectivity index (χ1) is 26.9. The number of hydrogen-bond donors (Lipinski definition) is 0. The van der Waals surface area contributed by atoms with E-state index in [-0.39, 0.29) is 6.61 Å². The van der Waals surface area contributed by atoms with Gasteiger partial charge in [-0.25, -0.2) is 9.59 Å². The van der Waals surface area contributed by atoms with Crippen LogP contribution in [0, 0.1) is 23.7 Å². The number of rotatable bonds is 25. The third-order valence-corrected chi connectivity index (χ3v) is 11.7. The molecule has 4 rings (SSSR count). The quantitative estimate of drug-likeness (QED) is 0.0571. The molecule has 1 atom stereocenters. The van der Waals surface area contributed by atoms with Crippen molar-refractivity contribution < 1.29 is 28.5 Å². The molecule has 0 aliphatic heterocycles. The van der Waals surface area contributed by atoms with Gasteiger partial charge in [0.25, 0.3) is 0 Å². The van der Waals surface area contributed by atoms with E-state index in [1.807, 2.05) is 0 Å². The highest BCUT2D eigenvalue weighted by Gasteiger charge is 2.20. The molecule has 2 fully saturated rings. The highest BCUT2D eigenvalue weighted by atomic mass is 16.6. The van der Waals surface area contributed by atoms with Crippen molar-refractivity contribution in [2.24, 2.45) is 23.7 Å². The highest BCUT2D eigenvalue weighted by molar-refractivity contribution is 5.90. The van der Waals surface area contributed by atoms with E-state index in [1.54, 1.807) is 55.5 Å². The Morgan fingerprint density at radius 3 is 1.44 bits per heavy atom. The van der Waals surface area contributed by atoms with E-state index in [0.29, 0.717) is 47.7 Å². The predicted octanol–water partition coefficient (Wildman–Crippen LogP) is 13.3. The monoisotopic (exact) mass is 757 g/mol. The van der Waals surface area contributed by atoms with Gasteiger partial charge in [0, 0.05) is 0 Å². The van der Waals surface area contributed by atoms with Crippen molar-refractivity contribution in [3.63, 3.8) is 0 Å². The number of carbonyl (C=O) groups excluding carboxylic acids is 2. The van der Waals surface area contributed by atoms with Crippen molar-refractivity contribution in [3.8, 4) is 11.5 Å². The summed E-state index contributed by atoms with van der Waals surface area (Å²) in [6.07, 6.45) is 35.4. The zero-order chi connectivity index (χ0) is 38.9. The minimum atomic E-state index is -0.599. The Balaban J connectivity index is 1.04. The average Bonchev–Trinajstić information content (AvgIpc) is 3.21. The molecule has 2 aromatic rings. The topological polar surface area (TPSA) is 71.1 Å². The fourth-order valence-electron chi connectivity index (χ4n) is 8.13. The molecule has 0 spiro atoms. The second-order valence-electron chi connectivity index (χ2n) is 16.3. The molecule has 2 saturated carbocycles. The maximum absolute atomic E-state index is 12.7. The van der Waals surface area contributed by atoms with Crippen molar-refractivity contribution in [2.45, 2.75) is 155 Å². The van der Waals surface area contributed by atoms with E-state index in [0.717, 1.165) is 11.8 Å². The standard InChI is InChI=1S/C49H72O6/c1-4-6-8-10-12-16-40-20-24-42(25-21-40)18-14-36-52-46-32-28-44(29-33-46)48(50)54-38-39(3)55-49(51)45-30-34-47(35-31-45)53-37-15-19-43-26-22-41(23-27-43)17-13-11-9-7-5-2/h14-15,18-19,28-35,39-43H,4-13,16-17,20-27,36-38H2,1-3H3/t39-,40?,41?,42?,43?/m1/s1. The number of benzene rings is 2. The molecule has 55 heavy (non-hydrogen) atoms. The van der Waals surface area contributed by atoms with E-state index in [9.17, 15) is 9.59 Å². The van der Waals surface area contributed by atoms with E-state index in [1.165, 1.54) is 128 Å². The Morgan fingerprint density at radius 2 is 1.00 bits per heavy atom. The number of unbranched alkanes of at least 4 members (excludes halogenated alkanes) is 8.